The van der Waals surface area contributed by atoms with E-state index < -0.39 is 12.0 Å². The molecule has 0 aliphatic carbocycles. The van der Waals surface area contributed by atoms with Crippen LogP contribution in [0.3, 0.4) is 0 Å². The first-order valence-electron chi connectivity index (χ1n) is 9.84. The van der Waals surface area contributed by atoms with Gasteiger partial charge in [-0.05, 0) is 48.1 Å². The molecule has 0 spiro atoms. The zero-order chi connectivity index (χ0) is 22.1. The molecule has 8 heteroatoms. The van der Waals surface area contributed by atoms with Crippen molar-refractivity contribution in [3.63, 3.8) is 0 Å². The molecule has 1 aliphatic heterocycles. The first-order chi connectivity index (χ1) is 14.8. The molecular formula is C23H21ClN2O3S2. The first kappa shape index (κ1) is 21.7. The van der Waals surface area contributed by atoms with E-state index in [2.05, 4.69) is 4.99 Å². The van der Waals surface area contributed by atoms with Crippen LogP contribution in [0.4, 0.5) is 0 Å². The minimum absolute atomic E-state index is 0.182. The number of thiazole rings is 1. The van der Waals surface area contributed by atoms with Gasteiger partial charge >= 0.3 is 5.97 Å². The molecule has 0 radical (unpaired) electrons. The van der Waals surface area contributed by atoms with E-state index in [1.807, 2.05) is 49.6 Å². The number of aromatic nitrogens is 1. The largest absolute Gasteiger partial charge is 0.462 e. The molecule has 2 aromatic heterocycles. The van der Waals surface area contributed by atoms with Crippen molar-refractivity contribution in [3.05, 3.63) is 88.2 Å². The van der Waals surface area contributed by atoms with Crippen molar-refractivity contribution >= 4 is 46.3 Å². The molecule has 3 heterocycles. The van der Waals surface area contributed by atoms with E-state index in [-0.39, 0.29) is 11.5 Å². The minimum atomic E-state index is -0.553. The van der Waals surface area contributed by atoms with Crippen molar-refractivity contribution in [2.75, 3.05) is 6.61 Å². The third kappa shape index (κ3) is 4.44. The number of hydrogen-bond donors (Lipinski definition) is 0. The third-order valence-electron chi connectivity index (χ3n) is 4.77. The van der Waals surface area contributed by atoms with E-state index >= 15 is 0 Å². The Morgan fingerprint density at radius 3 is 2.68 bits per heavy atom. The molecule has 0 fully saturated rings. The van der Waals surface area contributed by atoms with E-state index in [9.17, 15) is 9.59 Å². The number of thiophene rings is 1. The number of hydrogen-bond acceptors (Lipinski definition) is 6. The Hall–Kier alpha value is -2.48. The topological polar surface area (TPSA) is 60.7 Å². The minimum Gasteiger partial charge on any atom is -0.462 e. The molecule has 1 unspecified atom stereocenters. The van der Waals surface area contributed by atoms with Gasteiger partial charge in [0.1, 0.15) is 6.04 Å². The van der Waals surface area contributed by atoms with Gasteiger partial charge in [0.2, 0.25) is 0 Å². The molecule has 160 valence electrons. The molecule has 1 aromatic carbocycles. The second-order valence-electron chi connectivity index (χ2n) is 7.64. The Morgan fingerprint density at radius 2 is 2.03 bits per heavy atom. The number of carbonyl (C=O) groups is 1. The predicted molar refractivity (Wildman–Crippen MR) is 125 cm³/mol. The van der Waals surface area contributed by atoms with Gasteiger partial charge in [0.25, 0.3) is 5.56 Å². The smallest absolute Gasteiger partial charge is 0.338 e. The summed E-state index contributed by atoms with van der Waals surface area (Å²) in [5.41, 5.74) is 1.67. The monoisotopic (exact) mass is 472 g/mol. The van der Waals surface area contributed by atoms with E-state index in [0.29, 0.717) is 32.2 Å². The fraction of sp³-hybridized carbons (Fsp3) is 0.261. The van der Waals surface area contributed by atoms with Gasteiger partial charge in [-0.25, -0.2) is 9.79 Å². The van der Waals surface area contributed by atoms with Crippen molar-refractivity contribution in [2.24, 2.45) is 10.9 Å². The molecule has 31 heavy (non-hydrogen) atoms. The maximum atomic E-state index is 13.4. The molecule has 4 rings (SSSR count). The number of rotatable bonds is 5. The van der Waals surface area contributed by atoms with E-state index in [4.69, 9.17) is 16.3 Å². The predicted octanol–water partition coefficient (Wildman–Crippen LogP) is 4.15. The van der Waals surface area contributed by atoms with Gasteiger partial charge in [-0.2, -0.15) is 0 Å². The van der Waals surface area contributed by atoms with Crippen LogP contribution in [-0.4, -0.2) is 17.1 Å². The maximum absolute atomic E-state index is 13.4. The lowest BCUT2D eigenvalue weighted by molar-refractivity contribution is -0.140. The van der Waals surface area contributed by atoms with Crippen LogP contribution in [0.1, 0.15) is 37.3 Å². The van der Waals surface area contributed by atoms with Gasteiger partial charge < -0.3 is 4.74 Å². The van der Waals surface area contributed by atoms with Crippen LogP contribution in [0.25, 0.3) is 6.08 Å². The van der Waals surface area contributed by atoms with Crippen molar-refractivity contribution in [1.82, 2.24) is 4.57 Å². The van der Waals surface area contributed by atoms with E-state index in [1.54, 1.807) is 23.6 Å². The van der Waals surface area contributed by atoms with Crippen molar-refractivity contribution in [1.29, 1.82) is 0 Å². The van der Waals surface area contributed by atoms with Crippen LogP contribution in [0.15, 0.2) is 62.8 Å². The Bertz CT molecular complexity index is 1320. The summed E-state index contributed by atoms with van der Waals surface area (Å²) >= 11 is 8.78. The molecule has 0 amide bonds. The zero-order valence-electron chi connectivity index (χ0n) is 17.3. The SMILES string of the molecule is CC1=C(C(=O)OCC(C)C)C(c2cccs2)n2c(sc(=Cc3ccc(Cl)cc3)c2=O)=N1. The summed E-state index contributed by atoms with van der Waals surface area (Å²) in [5.74, 6) is -0.217. The summed E-state index contributed by atoms with van der Waals surface area (Å²) in [6, 6.07) is 10.6. The number of esters is 1. The standard InChI is InChI=1S/C23H21ClN2O3S2/c1-13(2)12-29-22(28)19-14(3)25-23-26(20(19)17-5-4-10-30-17)21(27)18(31-23)11-15-6-8-16(24)9-7-15/h4-11,13,20H,12H2,1-3H3. The average molecular weight is 473 g/mol. The summed E-state index contributed by atoms with van der Waals surface area (Å²) in [7, 11) is 0. The highest BCUT2D eigenvalue weighted by Crippen LogP contribution is 2.33. The Balaban J connectivity index is 1.86. The fourth-order valence-corrected chi connectivity index (χ4v) is 5.33. The average Bonchev–Trinajstić information content (AvgIpc) is 3.36. The number of nitrogens with zero attached hydrogens (tertiary/aromatic N) is 2. The summed E-state index contributed by atoms with van der Waals surface area (Å²) in [6.07, 6.45) is 1.82. The summed E-state index contributed by atoms with van der Waals surface area (Å²) < 4.78 is 7.68. The number of carbonyl (C=O) groups excluding carboxylic acids is 1. The highest BCUT2D eigenvalue weighted by atomic mass is 35.5. The van der Waals surface area contributed by atoms with Crippen LogP contribution in [0, 0.1) is 5.92 Å². The Morgan fingerprint density at radius 1 is 1.29 bits per heavy atom. The lowest BCUT2D eigenvalue weighted by Crippen LogP contribution is -2.39. The quantitative estimate of drug-likeness (QED) is 0.524. The Kier molecular flexibility index (Phi) is 6.27. The zero-order valence-corrected chi connectivity index (χ0v) is 19.7. The second-order valence-corrected chi connectivity index (χ2v) is 10.1. The first-order valence-corrected chi connectivity index (χ1v) is 11.9. The number of halogens is 1. The van der Waals surface area contributed by atoms with Gasteiger partial charge in [-0.1, -0.05) is 55.0 Å². The van der Waals surface area contributed by atoms with E-state index in [0.717, 1.165) is 10.4 Å². The van der Waals surface area contributed by atoms with E-state index in [1.165, 1.54) is 22.7 Å². The fourth-order valence-electron chi connectivity index (χ4n) is 3.33. The Labute approximate surface area is 192 Å². The van der Waals surface area contributed by atoms with Crippen LogP contribution >= 0.6 is 34.3 Å². The van der Waals surface area contributed by atoms with Gasteiger partial charge in [-0.15, -0.1) is 11.3 Å². The van der Waals surface area contributed by atoms with Gasteiger partial charge in [-0.3, -0.25) is 9.36 Å². The van der Waals surface area contributed by atoms with Gasteiger partial charge in [0.15, 0.2) is 4.80 Å². The molecule has 0 N–H and O–H groups in total. The summed E-state index contributed by atoms with van der Waals surface area (Å²) in [4.78, 5) is 32.5. The molecule has 0 bridgehead atoms. The van der Waals surface area contributed by atoms with Gasteiger partial charge in [0, 0.05) is 9.90 Å². The lowest BCUT2D eigenvalue weighted by Gasteiger charge is -2.23. The normalized spacial score (nSPS) is 16.4. The number of ether oxygens (including phenoxy) is 1. The molecule has 1 atom stereocenters. The van der Waals surface area contributed by atoms with Gasteiger partial charge in [0.05, 0.1) is 22.4 Å². The third-order valence-corrected chi connectivity index (χ3v) is 6.93. The molecule has 0 saturated carbocycles. The lowest BCUT2D eigenvalue weighted by atomic mass is 10.0. The van der Waals surface area contributed by atoms with Crippen LogP contribution in [-0.2, 0) is 9.53 Å². The number of allylic oxidation sites excluding steroid dienone is 1. The van der Waals surface area contributed by atoms with Crippen LogP contribution < -0.4 is 14.9 Å². The maximum Gasteiger partial charge on any atom is 0.338 e. The van der Waals surface area contributed by atoms with Crippen molar-refractivity contribution in [3.8, 4) is 0 Å². The number of fused-ring (bicyclic) bond motifs is 1. The molecule has 3 aromatic rings. The second kappa shape index (κ2) is 8.94. The highest BCUT2D eigenvalue weighted by molar-refractivity contribution is 7.10. The summed E-state index contributed by atoms with van der Waals surface area (Å²) in [6.45, 7) is 6.07. The highest BCUT2D eigenvalue weighted by Gasteiger charge is 2.34. The van der Waals surface area contributed by atoms with Crippen LogP contribution in [0.2, 0.25) is 5.02 Å². The molecular weight excluding hydrogens is 452 g/mol. The molecule has 5 nitrogen and oxygen atoms in total. The molecule has 0 saturated heterocycles. The van der Waals surface area contributed by atoms with Crippen LogP contribution in [0.5, 0.6) is 0 Å². The summed E-state index contributed by atoms with van der Waals surface area (Å²) in [5, 5.41) is 2.57. The molecule has 1 aliphatic rings. The number of benzene rings is 1. The van der Waals surface area contributed by atoms with Crippen molar-refractivity contribution < 1.29 is 9.53 Å². The van der Waals surface area contributed by atoms with Crippen molar-refractivity contribution in [2.45, 2.75) is 26.8 Å².